The van der Waals surface area contributed by atoms with Crippen LogP contribution < -0.4 is 10.1 Å². The lowest BCUT2D eigenvalue weighted by Crippen LogP contribution is -2.45. The van der Waals surface area contributed by atoms with E-state index in [4.69, 9.17) is 4.74 Å². The summed E-state index contributed by atoms with van der Waals surface area (Å²) < 4.78 is 5.30. The average Bonchev–Trinajstić information content (AvgIpc) is 2.47. The van der Waals surface area contributed by atoms with E-state index in [0.29, 0.717) is 5.92 Å². The van der Waals surface area contributed by atoms with Gasteiger partial charge in [-0.3, -0.25) is 0 Å². The van der Waals surface area contributed by atoms with Crippen LogP contribution in [0.3, 0.4) is 0 Å². The van der Waals surface area contributed by atoms with Crippen molar-refractivity contribution >= 4 is 6.03 Å². The number of carbonyl (C=O) groups excluding carboxylic acids is 1. The van der Waals surface area contributed by atoms with E-state index in [1.165, 1.54) is 11.1 Å². The van der Waals surface area contributed by atoms with Crippen molar-refractivity contribution in [2.75, 3.05) is 20.2 Å². The summed E-state index contributed by atoms with van der Waals surface area (Å²) in [7, 11) is 1.67. The van der Waals surface area contributed by atoms with Gasteiger partial charge in [0.1, 0.15) is 5.75 Å². The van der Waals surface area contributed by atoms with Gasteiger partial charge in [0, 0.05) is 13.1 Å². The van der Waals surface area contributed by atoms with Crippen LogP contribution >= 0.6 is 0 Å². The molecule has 0 spiro atoms. The van der Waals surface area contributed by atoms with E-state index in [2.05, 4.69) is 32.2 Å². The van der Waals surface area contributed by atoms with Crippen LogP contribution in [0.1, 0.15) is 44.4 Å². The van der Waals surface area contributed by atoms with Crippen LogP contribution in [-0.4, -0.2) is 31.1 Å². The number of hydrogen-bond acceptors (Lipinski definition) is 2. The highest BCUT2D eigenvalue weighted by molar-refractivity contribution is 5.75. The number of ether oxygens (including phenoxy) is 1. The third-order valence-electron chi connectivity index (χ3n) is 4.15. The molecule has 1 aliphatic heterocycles. The maximum Gasteiger partial charge on any atom is 0.317 e. The largest absolute Gasteiger partial charge is 0.497 e. The summed E-state index contributed by atoms with van der Waals surface area (Å²) in [6.45, 7) is 7.93. The predicted octanol–water partition coefficient (Wildman–Crippen LogP) is 3.37. The molecule has 2 amide bonds. The Kier molecular flexibility index (Phi) is 5.10. The molecule has 2 rings (SSSR count). The first-order chi connectivity index (χ1) is 10.0. The quantitative estimate of drug-likeness (QED) is 0.923. The molecule has 1 aromatic carbocycles. The number of rotatable bonds is 4. The molecule has 1 aliphatic rings. The van der Waals surface area contributed by atoms with Gasteiger partial charge in [0.2, 0.25) is 0 Å². The number of methoxy groups -OCH3 is 1. The summed E-state index contributed by atoms with van der Waals surface area (Å²) in [5, 5.41) is 3.03. The fourth-order valence-electron chi connectivity index (χ4n) is 2.77. The zero-order valence-corrected chi connectivity index (χ0v) is 13.5. The zero-order chi connectivity index (χ0) is 15.4. The topological polar surface area (TPSA) is 41.6 Å². The lowest BCUT2D eigenvalue weighted by atomic mass is 9.93. The van der Waals surface area contributed by atoms with Crippen molar-refractivity contribution in [1.82, 2.24) is 10.2 Å². The van der Waals surface area contributed by atoms with Crippen LogP contribution in [-0.2, 0) is 6.42 Å². The Bertz CT molecular complexity index is 500. The standard InChI is InChI=1S/C17H26N2O2/c1-12(2)7-9-18-17(20)19-10-8-14-5-6-15(21-4)11-16(14)13(19)3/h5-6,11-13H,7-10H2,1-4H3,(H,18,20). The van der Waals surface area contributed by atoms with Crippen molar-refractivity contribution in [3.05, 3.63) is 29.3 Å². The molecule has 0 aliphatic carbocycles. The highest BCUT2D eigenvalue weighted by atomic mass is 16.5. The van der Waals surface area contributed by atoms with E-state index in [-0.39, 0.29) is 12.1 Å². The Morgan fingerprint density at radius 1 is 1.48 bits per heavy atom. The van der Waals surface area contributed by atoms with E-state index >= 15 is 0 Å². The van der Waals surface area contributed by atoms with Crippen molar-refractivity contribution in [3.8, 4) is 5.75 Å². The molecule has 1 N–H and O–H groups in total. The second-order valence-electron chi connectivity index (χ2n) is 6.10. The molecule has 0 aromatic heterocycles. The first-order valence-corrected chi connectivity index (χ1v) is 7.74. The molecular weight excluding hydrogens is 264 g/mol. The lowest BCUT2D eigenvalue weighted by Gasteiger charge is -2.35. The minimum absolute atomic E-state index is 0.0385. The monoisotopic (exact) mass is 290 g/mol. The van der Waals surface area contributed by atoms with Gasteiger partial charge >= 0.3 is 6.03 Å². The summed E-state index contributed by atoms with van der Waals surface area (Å²) in [5.41, 5.74) is 2.51. The molecule has 0 radical (unpaired) electrons. The van der Waals surface area contributed by atoms with E-state index in [9.17, 15) is 4.79 Å². The Hall–Kier alpha value is -1.71. The van der Waals surface area contributed by atoms with E-state index in [0.717, 1.165) is 31.7 Å². The SMILES string of the molecule is COc1ccc2c(c1)C(C)N(C(=O)NCCC(C)C)CC2. The number of fused-ring (bicyclic) bond motifs is 1. The van der Waals surface area contributed by atoms with Crippen LogP contribution in [0, 0.1) is 5.92 Å². The fraction of sp³-hybridized carbons (Fsp3) is 0.588. The first kappa shape index (κ1) is 15.7. The number of benzene rings is 1. The molecule has 21 heavy (non-hydrogen) atoms. The van der Waals surface area contributed by atoms with Crippen LogP contribution in [0.2, 0.25) is 0 Å². The Morgan fingerprint density at radius 2 is 2.24 bits per heavy atom. The smallest absolute Gasteiger partial charge is 0.317 e. The Labute approximate surface area is 127 Å². The number of amides is 2. The molecule has 1 heterocycles. The molecule has 1 unspecified atom stereocenters. The van der Waals surface area contributed by atoms with Gasteiger partial charge < -0.3 is 15.0 Å². The van der Waals surface area contributed by atoms with Gasteiger partial charge in [-0.2, -0.15) is 0 Å². The second kappa shape index (κ2) is 6.83. The zero-order valence-electron chi connectivity index (χ0n) is 13.5. The fourth-order valence-corrected chi connectivity index (χ4v) is 2.77. The normalized spacial score (nSPS) is 17.6. The molecule has 0 bridgehead atoms. The summed E-state index contributed by atoms with van der Waals surface area (Å²) in [4.78, 5) is 14.3. The third-order valence-corrected chi connectivity index (χ3v) is 4.15. The summed E-state index contributed by atoms with van der Waals surface area (Å²) >= 11 is 0. The van der Waals surface area contributed by atoms with Crippen molar-refractivity contribution in [3.63, 3.8) is 0 Å². The number of nitrogens with one attached hydrogen (secondary N) is 1. The summed E-state index contributed by atoms with van der Waals surface area (Å²) in [5.74, 6) is 1.46. The van der Waals surface area contributed by atoms with Crippen molar-refractivity contribution in [2.24, 2.45) is 5.92 Å². The highest BCUT2D eigenvalue weighted by Gasteiger charge is 2.27. The molecule has 4 nitrogen and oxygen atoms in total. The molecule has 0 fully saturated rings. The van der Waals surface area contributed by atoms with Gasteiger partial charge in [-0.25, -0.2) is 4.79 Å². The van der Waals surface area contributed by atoms with Crippen LogP contribution in [0.4, 0.5) is 4.79 Å². The number of urea groups is 1. The van der Waals surface area contributed by atoms with Gasteiger partial charge in [0.15, 0.2) is 0 Å². The lowest BCUT2D eigenvalue weighted by molar-refractivity contribution is 0.174. The molecule has 0 saturated carbocycles. The highest BCUT2D eigenvalue weighted by Crippen LogP contribution is 2.32. The molecule has 1 atom stereocenters. The van der Waals surface area contributed by atoms with Crippen LogP contribution in [0.5, 0.6) is 5.75 Å². The molecule has 0 saturated heterocycles. The number of nitrogens with zero attached hydrogens (tertiary/aromatic N) is 1. The summed E-state index contributed by atoms with van der Waals surface area (Å²) in [6, 6.07) is 6.27. The molecule has 4 heteroatoms. The maximum absolute atomic E-state index is 12.3. The number of hydrogen-bond donors (Lipinski definition) is 1. The van der Waals surface area contributed by atoms with E-state index < -0.39 is 0 Å². The summed E-state index contributed by atoms with van der Waals surface area (Å²) in [6.07, 6.45) is 1.92. The van der Waals surface area contributed by atoms with Crippen molar-refractivity contribution in [2.45, 2.75) is 39.7 Å². The molecular formula is C17H26N2O2. The minimum atomic E-state index is 0.0385. The Balaban J connectivity index is 2.05. The average molecular weight is 290 g/mol. The van der Waals surface area contributed by atoms with E-state index in [1.54, 1.807) is 7.11 Å². The molecule has 1 aromatic rings. The van der Waals surface area contributed by atoms with Crippen molar-refractivity contribution in [1.29, 1.82) is 0 Å². The second-order valence-corrected chi connectivity index (χ2v) is 6.10. The van der Waals surface area contributed by atoms with Gasteiger partial charge in [0.25, 0.3) is 0 Å². The van der Waals surface area contributed by atoms with Gasteiger partial charge in [-0.1, -0.05) is 19.9 Å². The predicted molar refractivity (Wildman–Crippen MR) is 84.7 cm³/mol. The molecule has 116 valence electrons. The van der Waals surface area contributed by atoms with Gasteiger partial charge in [-0.15, -0.1) is 0 Å². The van der Waals surface area contributed by atoms with E-state index in [1.807, 2.05) is 17.0 Å². The minimum Gasteiger partial charge on any atom is -0.497 e. The first-order valence-electron chi connectivity index (χ1n) is 7.74. The van der Waals surface area contributed by atoms with Crippen LogP contribution in [0.15, 0.2) is 18.2 Å². The van der Waals surface area contributed by atoms with Gasteiger partial charge in [-0.05, 0) is 48.9 Å². The van der Waals surface area contributed by atoms with Crippen LogP contribution in [0.25, 0.3) is 0 Å². The van der Waals surface area contributed by atoms with Gasteiger partial charge in [0.05, 0.1) is 13.2 Å². The maximum atomic E-state index is 12.3. The number of carbonyl (C=O) groups is 1. The Morgan fingerprint density at radius 3 is 2.90 bits per heavy atom. The van der Waals surface area contributed by atoms with Crippen molar-refractivity contribution < 1.29 is 9.53 Å². The third kappa shape index (κ3) is 3.69.